The van der Waals surface area contributed by atoms with Gasteiger partial charge in [0.15, 0.2) is 5.78 Å². The average Bonchev–Trinajstić information content (AvgIpc) is 3.14. The van der Waals surface area contributed by atoms with E-state index in [0.717, 1.165) is 5.56 Å². The molecule has 1 atom stereocenters. The van der Waals surface area contributed by atoms with Gasteiger partial charge >= 0.3 is 12.1 Å². The van der Waals surface area contributed by atoms with Crippen molar-refractivity contribution in [3.8, 4) is 11.4 Å². The number of amides is 1. The van der Waals surface area contributed by atoms with Gasteiger partial charge in [-0.25, -0.2) is 9.78 Å². The molecule has 34 heavy (non-hydrogen) atoms. The summed E-state index contributed by atoms with van der Waals surface area (Å²) >= 11 is 0. The highest BCUT2D eigenvalue weighted by Crippen LogP contribution is 2.33. The Morgan fingerprint density at radius 2 is 1.68 bits per heavy atom. The van der Waals surface area contributed by atoms with E-state index < -0.39 is 29.0 Å². The number of aromatic nitrogens is 2. The lowest BCUT2D eigenvalue weighted by Gasteiger charge is -2.31. The third-order valence-electron chi connectivity index (χ3n) is 5.88. The number of carbonyl (C=O) groups excluding carboxylic acids is 3. The van der Waals surface area contributed by atoms with Crippen molar-refractivity contribution in [2.75, 3.05) is 13.7 Å². The summed E-state index contributed by atoms with van der Waals surface area (Å²) in [5.41, 5.74) is 0.730. The Labute approximate surface area is 201 Å². The molecule has 8 nitrogen and oxygen atoms in total. The highest BCUT2D eigenvalue weighted by Gasteiger charge is 2.37. The molecular weight excluding hydrogens is 434 g/mol. The summed E-state index contributed by atoms with van der Waals surface area (Å²) in [6.45, 7) is 12.3. The predicted octanol–water partition coefficient (Wildman–Crippen LogP) is 4.71. The Kier molecular flexibility index (Phi) is 7.19. The van der Waals surface area contributed by atoms with E-state index in [0.29, 0.717) is 24.6 Å². The van der Waals surface area contributed by atoms with Crippen LogP contribution in [0.1, 0.15) is 64.1 Å². The number of imidazole rings is 1. The second-order valence-electron chi connectivity index (χ2n) is 10.7. The minimum absolute atomic E-state index is 0.0269. The monoisotopic (exact) mass is 469 g/mol. The smallest absolute Gasteiger partial charge is 0.410 e. The molecule has 0 saturated heterocycles. The van der Waals surface area contributed by atoms with Crippen molar-refractivity contribution in [1.82, 2.24) is 14.5 Å². The Balaban J connectivity index is 2.00. The predicted molar refractivity (Wildman–Crippen MR) is 128 cm³/mol. The Morgan fingerprint density at radius 3 is 2.24 bits per heavy atom. The summed E-state index contributed by atoms with van der Waals surface area (Å²) in [7, 11) is 1.33. The number of esters is 1. The number of benzene rings is 1. The summed E-state index contributed by atoms with van der Waals surface area (Å²) in [5, 5.41) is 0. The highest BCUT2D eigenvalue weighted by molar-refractivity contribution is 5.98. The Morgan fingerprint density at radius 1 is 1.03 bits per heavy atom. The third kappa shape index (κ3) is 5.66. The van der Waals surface area contributed by atoms with Crippen LogP contribution < -0.4 is 0 Å². The molecule has 0 fully saturated rings. The molecule has 0 spiro atoms. The van der Waals surface area contributed by atoms with Gasteiger partial charge in [0.2, 0.25) is 0 Å². The van der Waals surface area contributed by atoms with Crippen molar-refractivity contribution < 1.29 is 23.9 Å². The molecule has 0 radical (unpaired) electrons. The summed E-state index contributed by atoms with van der Waals surface area (Å²) in [5.74, 6) is -0.615. The number of ketones is 1. The van der Waals surface area contributed by atoms with Crippen molar-refractivity contribution >= 4 is 17.8 Å². The van der Waals surface area contributed by atoms with Crippen LogP contribution in [-0.2, 0) is 27.4 Å². The van der Waals surface area contributed by atoms with Gasteiger partial charge in [0.05, 0.1) is 25.3 Å². The molecule has 1 aromatic heterocycles. The number of fused-ring (bicyclic) bond motifs is 1. The van der Waals surface area contributed by atoms with Gasteiger partial charge in [0.25, 0.3) is 0 Å². The van der Waals surface area contributed by atoms with Gasteiger partial charge < -0.3 is 18.9 Å². The maximum absolute atomic E-state index is 13.5. The molecule has 0 saturated carbocycles. The molecule has 1 aliphatic heterocycles. The number of carbonyl (C=O) groups is 3. The highest BCUT2D eigenvalue weighted by atomic mass is 16.6. The molecule has 2 aromatic rings. The summed E-state index contributed by atoms with van der Waals surface area (Å²) < 4.78 is 12.5. The maximum Gasteiger partial charge on any atom is 0.410 e. The summed E-state index contributed by atoms with van der Waals surface area (Å²) in [6, 6.07) is 9.64. The van der Waals surface area contributed by atoms with Crippen LogP contribution in [0.3, 0.4) is 0 Å². The van der Waals surface area contributed by atoms with E-state index >= 15 is 0 Å². The number of hydrogen-bond acceptors (Lipinski definition) is 6. The number of Topliss-reactive ketones (excluding diaryl/α,β-unsaturated/α-hetero) is 1. The number of rotatable bonds is 5. The lowest BCUT2D eigenvalue weighted by Crippen LogP contribution is -2.42. The number of methoxy groups -OCH3 is 1. The number of nitrogens with zero attached hydrogens (tertiary/aromatic N) is 3. The van der Waals surface area contributed by atoms with E-state index in [4.69, 9.17) is 14.5 Å². The molecule has 3 rings (SSSR count). The Bertz CT molecular complexity index is 1060. The van der Waals surface area contributed by atoms with Gasteiger partial charge in [-0.2, -0.15) is 0 Å². The quantitative estimate of drug-likeness (QED) is 0.465. The minimum atomic E-state index is -0.622. The van der Waals surface area contributed by atoms with Crippen LogP contribution >= 0.6 is 0 Å². The van der Waals surface area contributed by atoms with E-state index in [1.807, 2.05) is 76.4 Å². The average molecular weight is 470 g/mol. The molecule has 0 bridgehead atoms. The summed E-state index contributed by atoms with van der Waals surface area (Å²) in [4.78, 5) is 45.0. The zero-order valence-corrected chi connectivity index (χ0v) is 21.2. The zero-order chi connectivity index (χ0) is 25.3. The van der Waals surface area contributed by atoms with Crippen LogP contribution in [0.5, 0.6) is 0 Å². The first-order chi connectivity index (χ1) is 15.8. The molecule has 0 unspecified atom stereocenters. The third-order valence-corrected chi connectivity index (χ3v) is 5.88. The van der Waals surface area contributed by atoms with Crippen molar-refractivity contribution in [2.45, 2.75) is 66.7 Å². The van der Waals surface area contributed by atoms with E-state index in [1.54, 1.807) is 4.90 Å². The van der Waals surface area contributed by atoms with Crippen molar-refractivity contribution in [1.29, 1.82) is 0 Å². The Hall–Kier alpha value is -3.16. The van der Waals surface area contributed by atoms with Gasteiger partial charge in [-0.3, -0.25) is 9.59 Å². The van der Waals surface area contributed by atoms with Crippen molar-refractivity contribution in [3.63, 3.8) is 0 Å². The van der Waals surface area contributed by atoms with Crippen LogP contribution in [0, 0.1) is 11.3 Å². The SMILES string of the molecule is COC(=O)[C@@H](CC(=O)c1nc(-c2ccccc2)n2c1CN(C(=O)OC(C)(C)C)CC2)C(C)(C)C. The molecule has 0 N–H and O–H groups in total. The van der Waals surface area contributed by atoms with Crippen LogP contribution in [0.15, 0.2) is 30.3 Å². The van der Waals surface area contributed by atoms with Gasteiger partial charge in [-0.05, 0) is 26.2 Å². The van der Waals surface area contributed by atoms with Gasteiger partial charge in [0, 0.05) is 25.1 Å². The van der Waals surface area contributed by atoms with Gasteiger partial charge in [-0.15, -0.1) is 0 Å². The molecule has 1 aromatic carbocycles. The molecule has 2 heterocycles. The normalized spacial score (nSPS) is 14.9. The van der Waals surface area contributed by atoms with Crippen LogP contribution in [0.2, 0.25) is 0 Å². The second kappa shape index (κ2) is 9.60. The maximum atomic E-state index is 13.5. The number of hydrogen-bond donors (Lipinski definition) is 0. The first-order valence-corrected chi connectivity index (χ1v) is 11.6. The van der Waals surface area contributed by atoms with E-state index in [1.165, 1.54) is 7.11 Å². The molecular formula is C26H35N3O5. The van der Waals surface area contributed by atoms with Gasteiger partial charge in [0.1, 0.15) is 17.1 Å². The fourth-order valence-electron chi connectivity index (χ4n) is 4.05. The van der Waals surface area contributed by atoms with Crippen LogP contribution in [-0.4, -0.2) is 51.6 Å². The zero-order valence-electron chi connectivity index (χ0n) is 21.2. The van der Waals surface area contributed by atoms with Crippen LogP contribution in [0.25, 0.3) is 11.4 Å². The molecule has 1 amide bonds. The van der Waals surface area contributed by atoms with Gasteiger partial charge in [-0.1, -0.05) is 51.1 Å². The topological polar surface area (TPSA) is 90.7 Å². The van der Waals surface area contributed by atoms with E-state index in [9.17, 15) is 14.4 Å². The standard InChI is InChI=1S/C26H35N3O5/c1-25(2,3)18(23(31)33-7)15-20(30)21-19-16-28(24(32)34-26(4,5)6)13-14-29(19)22(27-21)17-11-9-8-10-12-17/h8-12,18H,13-16H2,1-7H3/t18-/m1/s1. The second-order valence-corrected chi connectivity index (χ2v) is 10.7. The first-order valence-electron chi connectivity index (χ1n) is 11.6. The molecule has 0 aliphatic carbocycles. The first kappa shape index (κ1) is 25.5. The molecule has 184 valence electrons. The molecule has 1 aliphatic rings. The lowest BCUT2D eigenvalue weighted by atomic mass is 9.77. The minimum Gasteiger partial charge on any atom is -0.469 e. The molecule has 8 heteroatoms. The fraction of sp³-hybridized carbons (Fsp3) is 0.538. The lowest BCUT2D eigenvalue weighted by molar-refractivity contribution is -0.149. The largest absolute Gasteiger partial charge is 0.469 e. The van der Waals surface area contributed by atoms with Crippen molar-refractivity contribution in [2.24, 2.45) is 11.3 Å². The van der Waals surface area contributed by atoms with Crippen molar-refractivity contribution in [3.05, 3.63) is 41.7 Å². The van der Waals surface area contributed by atoms with E-state index in [-0.39, 0.29) is 24.4 Å². The van der Waals surface area contributed by atoms with E-state index in [2.05, 4.69) is 0 Å². The van der Waals surface area contributed by atoms with Crippen LogP contribution in [0.4, 0.5) is 4.79 Å². The fourth-order valence-corrected chi connectivity index (χ4v) is 4.05. The number of ether oxygens (including phenoxy) is 2. The summed E-state index contributed by atoms with van der Waals surface area (Å²) in [6.07, 6.45) is -0.456.